The molecule has 134 valence electrons. The van der Waals surface area contributed by atoms with E-state index in [0.29, 0.717) is 37.3 Å². The van der Waals surface area contributed by atoms with E-state index in [9.17, 15) is 4.39 Å². The van der Waals surface area contributed by atoms with Gasteiger partial charge < -0.3 is 18.6 Å². The van der Waals surface area contributed by atoms with Crippen LogP contribution in [0, 0.1) is 12.7 Å². The van der Waals surface area contributed by atoms with E-state index in [2.05, 4.69) is 15.1 Å². The monoisotopic (exact) mass is 349 g/mol. The minimum atomic E-state index is -0.285. The van der Waals surface area contributed by atoms with E-state index in [1.54, 1.807) is 19.1 Å². The molecule has 0 unspecified atom stereocenters. The molecule has 2 fully saturated rings. The Bertz CT molecular complexity index is 692. The predicted molar refractivity (Wildman–Crippen MR) is 84.6 cm³/mol. The minimum absolute atomic E-state index is 0.00849. The summed E-state index contributed by atoms with van der Waals surface area (Å²) in [6.45, 7) is 4.73. The number of ether oxygens (including phenoxy) is 3. The van der Waals surface area contributed by atoms with E-state index in [0.717, 1.165) is 13.1 Å². The molecular formula is C17H20FN3O4. The fourth-order valence-corrected chi connectivity index (χ4v) is 3.14. The maximum Gasteiger partial charge on any atom is 0.230 e. The van der Waals surface area contributed by atoms with Crippen LogP contribution >= 0.6 is 0 Å². The summed E-state index contributed by atoms with van der Waals surface area (Å²) < 4.78 is 36.1. The second-order valence-corrected chi connectivity index (χ2v) is 6.35. The van der Waals surface area contributed by atoms with Crippen molar-refractivity contribution < 1.29 is 23.0 Å². The van der Waals surface area contributed by atoms with Crippen LogP contribution in [-0.2, 0) is 16.0 Å². The summed E-state index contributed by atoms with van der Waals surface area (Å²) in [6.07, 6.45) is -0.222. The van der Waals surface area contributed by atoms with Crippen LogP contribution < -0.4 is 4.74 Å². The molecule has 0 aliphatic carbocycles. The van der Waals surface area contributed by atoms with Crippen molar-refractivity contribution in [1.29, 1.82) is 0 Å². The zero-order valence-corrected chi connectivity index (χ0v) is 13.9. The summed E-state index contributed by atoms with van der Waals surface area (Å²) in [5, 5.41) is 7.87. The number of fused-ring (bicyclic) bond motifs is 1. The zero-order chi connectivity index (χ0) is 17.2. The van der Waals surface area contributed by atoms with Gasteiger partial charge in [-0.05, 0) is 24.3 Å². The summed E-state index contributed by atoms with van der Waals surface area (Å²) in [5.74, 6) is 1.49. The number of benzene rings is 1. The maximum absolute atomic E-state index is 13.0. The van der Waals surface area contributed by atoms with Gasteiger partial charge in [0, 0.05) is 20.0 Å². The van der Waals surface area contributed by atoms with Gasteiger partial charge in [-0.2, -0.15) is 0 Å². The topological polar surface area (TPSA) is 69.9 Å². The van der Waals surface area contributed by atoms with Crippen LogP contribution in [0.25, 0.3) is 0 Å². The van der Waals surface area contributed by atoms with Crippen molar-refractivity contribution in [3.8, 4) is 5.75 Å². The minimum Gasteiger partial charge on any atom is -0.486 e. The zero-order valence-electron chi connectivity index (χ0n) is 13.9. The number of halogens is 1. The van der Waals surface area contributed by atoms with Crippen molar-refractivity contribution in [2.24, 2.45) is 0 Å². The van der Waals surface area contributed by atoms with Gasteiger partial charge in [-0.3, -0.25) is 4.90 Å². The Balaban J connectivity index is 1.30. The highest BCUT2D eigenvalue weighted by Crippen LogP contribution is 2.23. The van der Waals surface area contributed by atoms with Crippen LogP contribution in [0.15, 0.2) is 28.7 Å². The standard InChI is InChI=1S/C17H20FN3O4/c1-11-19-20-17(24-11)8-21-6-15-16(7-21)23-10-14(9-22-15)25-13-4-2-12(18)3-5-13/h2-5,14-16H,6-10H2,1H3/t15-,16-/m0/s1. The SMILES string of the molecule is Cc1nnc(CN2C[C@@H]3OCC(Oc4ccc(F)cc4)CO[C@H]3C2)o1. The van der Waals surface area contributed by atoms with E-state index in [1.165, 1.54) is 12.1 Å². The number of aryl methyl sites for hydroxylation is 1. The Labute approximate surface area is 144 Å². The van der Waals surface area contributed by atoms with Crippen LogP contribution in [0.3, 0.4) is 0 Å². The average Bonchev–Trinajstić information content (AvgIpc) is 3.13. The molecule has 2 saturated heterocycles. The Morgan fingerprint density at radius 1 is 1.12 bits per heavy atom. The molecule has 7 nitrogen and oxygen atoms in total. The van der Waals surface area contributed by atoms with Gasteiger partial charge in [0.1, 0.15) is 17.7 Å². The summed E-state index contributed by atoms with van der Waals surface area (Å²) in [5.41, 5.74) is 0. The first-order valence-corrected chi connectivity index (χ1v) is 8.32. The first-order chi connectivity index (χ1) is 12.2. The highest BCUT2D eigenvalue weighted by Gasteiger charge is 2.38. The van der Waals surface area contributed by atoms with Gasteiger partial charge in [0.2, 0.25) is 11.8 Å². The van der Waals surface area contributed by atoms with Crippen molar-refractivity contribution in [2.45, 2.75) is 31.8 Å². The van der Waals surface area contributed by atoms with Crippen molar-refractivity contribution in [2.75, 3.05) is 26.3 Å². The third kappa shape index (κ3) is 3.97. The maximum atomic E-state index is 13.0. The third-order valence-electron chi connectivity index (χ3n) is 4.33. The Morgan fingerprint density at radius 3 is 2.40 bits per heavy atom. The van der Waals surface area contributed by atoms with E-state index in [4.69, 9.17) is 18.6 Å². The molecule has 2 aliphatic rings. The lowest BCUT2D eigenvalue weighted by Gasteiger charge is -2.18. The fraction of sp³-hybridized carbons (Fsp3) is 0.529. The van der Waals surface area contributed by atoms with E-state index in [-0.39, 0.29) is 24.1 Å². The predicted octanol–water partition coefficient (Wildman–Crippen LogP) is 1.56. The first kappa shape index (κ1) is 16.4. The van der Waals surface area contributed by atoms with Gasteiger partial charge in [-0.1, -0.05) is 0 Å². The number of hydrogen-bond donors (Lipinski definition) is 0. The molecule has 0 amide bonds. The van der Waals surface area contributed by atoms with E-state index in [1.807, 2.05) is 0 Å². The molecule has 0 spiro atoms. The first-order valence-electron chi connectivity index (χ1n) is 8.32. The molecule has 8 heteroatoms. The van der Waals surface area contributed by atoms with Crippen LogP contribution in [0.1, 0.15) is 11.8 Å². The Hall–Kier alpha value is -2.03. The highest BCUT2D eigenvalue weighted by molar-refractivity contribution is 5.22. The molecular weight excluding hydrogens is 329 g/mol. The molecule has 25 heavy (non-hydrogen) atoms. The van der Waals surface area contributed by atoms with Gasteiger partial charge in [0.05, 0.1) is 32.0 Å². The van der Waals surface area contributed by atoms with Gasteiger partial charge in [0.25, 0.3) is 0 Å². The molecule has 2 atom stereocenters. The molecule has 2 aromatic rings. The smallest absolute Gasteiger partial charge is 0.230 e. The molecule has 2 aliphatic heterocycles. The molecule has 0 N–H and O–H groups in total. The van der Waals surface area contributed by atoms with Crippen molar-refractivity contribution in [3.63, 3.8) is 0 Å². The Morgan fingerprint density at radius 2 is 1.80 bits per heavy atom. The quantitative estimate of drug-likeness (QED) is 0.830. The molecule has 4 rings (SSSR count). The number of hydrogen-bond acceptors (Lipinski definition) is 7. The van der Waals surface area contributed by atoms with Gasteiger partial charge in [-0.25, -0.2) is 4.39 Å². The van der Waals surface area contributed by atoms with Crippen LogP contribution in [0.5, 0.6) is 5.75 Å². The Kier molecular flexibility index (Phi) is 4.65. The molecule has 0 saturated carbocycles. The summed E-state index contributed by atoms with van der Waals surface area (Å²) >= 11 is 0. The summed E-state index contributed by atoms with van der Waals surface area (Å²) in [6, 6.07) is 5.96. The van der Waals surface area contributed by atoms with E-state index >= 15 is 0 Å². The second kappa shape index (κ2) is 7.07. The lowest BCUT2D eigenvalue weighted by Crippen LogP contribution is -2.29. The number of likely N-dealkylation sites (tertiary alicyclic amines) is 1. The van der Waals surface area contributed by atoms with Crippen molar-refractivity contribution in [1.82, 2.24) is 15.1 Å². The van der Waals surface area contributed by atoms with Crippen LogP contribution in [-0.4, -0.2) is 59.7 Å². The van der Waals surface area contributed by atoms with Gasteiger partial charge in [0.15, 0.2) is 0 Å². The number of aromatic nitrogens is 2. The highest BCUT2D eigenvalue weighted by atomic mass is 19.1. The van der Waals surface area contributed by atoms with Crippen LogP contribution in [0.4, 0.5) is 4.39 Å². The number of rotatable bonds is 4. The lowest BCUT2D eigenvalue weighted by atomic mass is 10.3. The van der Waals surface area contributed by atoms with Crippen LogP contribution in [0.2, 0.25) is 0 Å². The average molecular weight is 349 g/mol. The molecule has 0 bridgehead atoms. The third-order valence-corrected chi connectivity index (χ3v) is 4.33. The van der Waals surface area contributed by atoms with E-state index < -0.39 is 0 Å². The second-order valence-electron chi connectivity index (χ2n) is 6.35. The molecule has 1 aromatic carbocycles. The lowest BCUT2D eigenvalue weighted by molar-refractivity contribution is -0.00461. The molecule has 3 heterocycles. The van der Waals surface area contributed by atoms with Gasteiger partial charge >= 0.3 is 0 Å². The van der Waals surface area contributed by atoms with Gasteiger partial charge in [-0.15, -0.1) is 10.2 Å². The summed E-state index contributed by atoms with van der Waals surface area (Å²) in [7, 11) is 0. The molecule has 1 aromatic heterocycles. The largest absolute Gasteiger partial charge is 0.486 e. The van der Waals surface area contributed by atoms with Crippen molar-refractivity contribution >= 4 is 0 Å². The van der Waals surface area contributed by atoms with Crippen molar-refractivity contribution in [3.05, 3.63) is 41.9 Å². The normalized spacial score (nSPS) is 24.9. The number of nitrogens with zero attached hydrogens (tertiary/aromatic N) is 3. The fourth-order valence-electron chi connectivity index (χ4n) is 3.14. The molecule has 0 radical (unpaired) electrons. The summed E-state index contributed by atoms with van der Waals surface area (Å²) in [4.78, 5) is 2.18.